The maximum absolute atomic E-state index is 9.07. The summed E-state index contributed by atoms with van der Waals surface area (Å²) in [5.74, 6) is 0.957. The molecule has 0 fully saturated rings. The van der Waals surface area contributed by atoms with E-state index < -0.39 is 0 Å². The Kier molecular flexibility index (Phi) is 3.15. The first-order valence-corrected chi connectivity index (χ1v) is 4.53. The molecule has 0 spiro atoms. The van der Waals surface area contributed by atoms with Crippen molar-refractivity contribution < 1.29 is 5.11 Å². The maximum Gasteiger partial charge on any atom is 0.115 e. The van der Waals surface area contributed by atoms with Crippen LogP contribution in [0.4, 0.5) is 0 Å². The van der Waals surface area contributed by atoms with Crippen molar-refractivity contribution in [2.75, 3.05) is 0 Å². The lowest BCUT2D eigenvalue weighted by molar-refractivity contribution is 0.475. The second-order valence-electron chi connectivity index (χ2n) is 3.28. The van der Waals surface area contributed by atoms with Crippen LogP contribution in [0.3, 0.4) is 0 Å². The highest BCUT2D eigenvalue weighted by atomic mass is 16.3. The van der Waals surface area contributed by atoms with Gasteiger partial charge in [-0.2, -0.15) is 0 Å². The second kappa shape index (κ2) is 4.15. The van der Waals surface area contributed by atoms with E-state index in [0.717, 1.165) is 0 Å². The standard InChI is InChI=1S/C11H16O/c1-3-4-9(2)10-5-7-11(12)8-6-10/h5-9,12H,3-4H2,1-2H3/t9-/m1/s1. The Morgan fingerprint density at radius 1 is 1.25 bits per heavy atom. The van der Waals surface area contributed by atoms with Crippen molar-refractivity contribution in [2.45, 2.75) is 32.6 Å². The van der Waals surface area contributed by atoms with E-state index in [9.17, 15) is 0 Å². The van der Waals surface area contributed by atoms with Crippen LogP contribution in [0.2, 0.25) is 0 Å². The summed E-state index contributed by atoms with van der Waals surface area (Å²) in [4.78, 5) is 0. The lowest BCUT2D eigenvalue weighted by Gasteiger charge is -2.09. The van der Waals surface area contributed by atoms with Gasteiger partial charge in [-0.3, -0.25) is 0 Å². The van der Waals surface area contributed by atoms with Crippen LogP contribution in [-0.4, -0.2) is 5.11 Å². The fourth-order valence-electron chi connectivity index (χ4n) is 1.40. The van der Waals surface area contributed by atoms with Crippen molar-refractivity contribution in [3.05, 3.63) is 29.8 Å². The number of aromatic hydroxyl groups is 1. The normalized spacial score (nSPS) is 12.8. The molecule has 12 heavy (non-hydrogen) atoms. The van der Waals surface area contributed by atoms with Gasteiger partial charge in [-0.15, -0.1) is 0 Å². The number of hydrogen-bond acceptors (Lipinski definition) is 1. The first kappa shape index (κ1) is 9.11. The summed E-state index contributed by atoms with van der Waals surface area (Å²) in [6.07, 6.45) is 2.42. The molecular formula is C11H16O. The molecule has 0 saturated carbocycles. The second-order valence-corrected chi connectivity index (χ2v) is 3.28. The molecule has 1 heteroatoms. The average Bonchev–Trinajstić information content (AvgIpc) is 2.06. The molecule has 66 valence electrons. The molecule has 1 atom stereocenters. The SMILES string of the molecule is CCC[C@@H](C)c1ccc(O)cc1. The topological polar surface area (TPSA) is 20.2 Å². The molecule has 0 heterocycles. The molecule has 0 unspecified atom stereocenters. The van der Waals surface area contributed by atoms with Crippen molar-refractivity contribution in [3.8, 4) is 5.75 Å². The average molecular weight is 164 g/mol. The molecule has 1 rings (SSSR count). The minimum absolute atomic E-state index is 0.349. The highest BCUT2D eigenvalue weighted by Gasteiger charge is 2.02. The smallest absolute Gasteiger partial charge is 0.115 e. The fraction of sp³-hybridized carbons (Fsp3) is 0.455. The Labute approximate surface area is 74.1 Å². The summed E-state index contributed by atoms with van der Waals surface area (Å²) >= 11 is 0. The van der Waals surface area contributed by atoms with Gasteiger partial charge in [-0.05, 0) is 30.0 Å². The van der Waals surface area contributed by atoms with Crippen LogP contribution in [0, 0.1) is 0 Å². The zero-order valence-electron chi connectivity index (χ0n) is 7.75. The van der Waals surface area contributed by atoms with Gasteiger partial charge in [0.1, 0.15) is 5.75 Å². The summed E-state index contributed by atoms with van der Waals surface area (Å²) < 4.78 is 0. The summed E-state index contributed by atoms with van der Waals surface area (Å²) in [7, 11) is 0. The number of phenolic OH excluding ortho intramolecular Hbond substituents is 1. The van der Waals surface area contributed by atoms with Gasteiger partial charge in [0.15, 0.2) is 0 Å². The molecule has 0 aromatic heterocycles. The van der Waals surface area contributed by atoms with Crippen molar-refractivity contribution in [2.24, 2.45) is 0 Å². The zero-order chi connectivity index (χ0) is 8.97. The number of rotatable bonds is 3. The highest BCUT2D eigenvalue weighted by Crippen LogP contribution is 2.21. The van der Waals surface area contributed by atoms with Crippen LogP contribution in [0.15, 0.2) is 24.3 Å². The fourth-order valence-corrected chi connectivity index (χ4v) is 1.40. The van der Waals surface area contributed by atoms with Crippen molar-refractivity contribution >= 4 is 0 Å². The van der Waals surface area contributed by atoms with E-state index >= 15 is 0 Å². The third-order valence-electron chi connectivity index (χ3n) is 2.18. The zero-order valence-corrected chi connectivity index (χ0v) is 7.75. The van der Waals surface area contributed by atoms with E-state index in [1.807, 2.05) is 12.1 Å². The molecule has 0 aliphatic heterocycles. The molecule has 0 bridgehead atoms. The lowest BCUT2D eigenvalue weighted by Crippen LogP contribution is -1.91. The molecule has 0 radical (unpaired) electrons. The van der Waals surface area contributed by atoms with Crippen LogP contribution >= 0.6 is 0 Å². The summed E-state index contributed by atoms with van der Waals surface area (Å²) in [6.45, 7) is 4.41. The molecule has 1 nitrogen and oxygen atoms in total. The van der Waals surface area contributed by atoms with Gasteiger partial charge in [0.05, 0.1) is 0 Å². The molecule has 0 aliphatic rings. The van der Waals surface area contributed by atoms with Gasteiger partial charge in [-0.25, -0.2) is 0 Å². The minimum Gasteiger partial charge on any atom is -0.508 e. The Balaban J connectivity index is 2.68. The Morgan fingerprint density at radius 2 is 1.83 bits per heavy atom. The van der Waals surface area contributed by atoms with Gasteiger partial charge in [0.25, 0.3) is 0 Å². The predicted molar refractivity (Wildman–Crippen MR) is 51.4 cm³/mol. The summed E-state index contributed by atoms with van der Waals surface area (Å²) in [5, 5.41) is 9.07. The molecule has 0 amide bonds. The minimum atomic E-state index is 0.349. The van der Waals surface area contributed by atoms with Crippen molar-refractivity contribution in [1.29, 1.82) is 0 Å². The lowest BCUT2D eigenvalue weighted by atomic mass is 9.97. The highest BCUT2D eigenvalue weighted by molar-refractivity contribution is 5.27. The number of hydrogen-bond donors (Lipinski definition) is 1. The number of benzene rings is 1. The summed E-state index contributed by atoms with van der Waals surface area (Å²) in [5.41, 5.74) is 1.31. The molecule has 1 aromatic rings. The van der Waals surface area contributed by atoms with E-state index in [2.05, 4.69) is 13.8 Å². The van der Waals surface area contributed by atoms with E-state index in [1.165, 1.54) is 18.4 Å². The van der Waals surface area contributed by atoms with Gasteiger partial charge in [0, 0.05) is 0 Å². The largest absolute Gasteiger partial charge is 0.508 e. The van der Waals surface area contributed by atoms with Crippen LogP contribution in [0.5, 0.6) is 5.75 Å². The van der Waals surface area contributed by atoms with Gasteiger partial charge in [0.2, 0.25) is 0 Å². The first-order valence-electron chi connectivity index (χ1n) is 4.53. The van der Waals surface area contributed by atoms with E-state index in [4.69, 9.17) is 5.11 Å². The Morgan fingerprint density at radius 3 is 2.33 bits per heavy atom. The van der Waals surface area contributed by atoms with Gasteiger partial charge >= 0.3 is 0 Å². The van der Waals surface area contributed by atoms with Crippen LogP contribution < -0.4 is 0 Å². The third-order valence-corrected chi connectivity index (χ3v) is 2.18. The first-order chi connectivity index (χ1) is 5.74. The molecule has 0 saturated heterocycles. The van der Waals surface area contributed by atoms with Crippen LogP contribution in [0.1, 0.15) is 38.2 Å². The third kappa shape index (κ3) is 2.26. The van der Waals surface area contributed by atoms with Crippen LogP contribution in [-0.2, 0) is 0 Å². The van der Waals surface area contributed by atoms with E-state index in [-0.39, 0.29) is 0 Å². The van der Waals surface area contributed by atoms with Crippen molar-refractivity contribution in [1.82, 2.24) is 0 Å². The van der Waals surface area contributed by atoms with Gasteiger partial charge in [-0.1, -0.05) is 32.4 Å². The molecule has 1 N–H and O–H groups in total. The van der Waals surface area contributed by atoms with Gasteiger partial charge < -0.3 is 5.11 Å². The van der Waals surface area contributed by atoms with Crippen molar-refractivity contribution in [3.63, 3.8) is 0 Å². The van der Waals surface area contributed by atoms with E-state index in [0.29, 0.717) is 11.7 Å². The van der Waals surface area contributed by atoms with Crippen LogP contribution in [0.25, 0.3) is 0 Å². The summed E-state index contributed by atoms with van der Waals surface area (Å²) in [6, 6.07) is 7.49. The Hall–Kier alpha value is -0.980. The monoisotopic (exact) mass is 164 g/mol. The van der Waals surface area contributed by atoms with E-state index in [1.54, 1.807) is 12.1 Å². The predicted octanol–water partition coefficient (Wildman–Crippen LogP) is 3.30. The molecular weight excluding hydrogens is 148 g/mol. The Bertz CT molecular complexity index is 225. The number of phenols is 1. The quantitative estimate of drug-likeness (QED) is 0.726. The molecule has 1 aromatic carbocycles. The molecule has 0 aliphatic carbocycles. The maximum atomic E-state index is 9.07.